The Bertz CT molecular complexity index is 967. The molecule has 0 saturated carbocycles. The van der Waals surface area contributed by atoms with E-state index < -0.39 is 0 Å². The van der Waals surface area contributed by atoms with Crippen molar-refractivity contribution in [3.8, 4) is 11.4 Å². The van der Waals surface area contributed by atoms with Gasteiger partial charge in [-0.05, 0) is 56.5 Å². The number of carbonyl (C=O) groups excluding carboxylic acids is 1. The van der Waals surface area contributed by atoms with Gasteiger partial charge in [-0.15, -0.1) is 0 Å². The largest absolute Gasteiger partial charge is 0.356 e. The van der Waals surface area contributed by atoms with Gasteiger partial charge in [-0.3, -0.25) is 9.69 Å². The van der Waals surface area contributed by atoms with Crippen molar-refractivity contribution in [3.63, 3.8) is 0 Å². The summed E-state index contributed by atoms with van der Waals surface area (Å²) in [5, 5.41) is 7.92. The van der Waals surface area contributed by atoms with Crippen LogP contribution >= 0.6 is 11.6 Å². The van der Waals surface area contributed by atoms with E-state index in [4.69, 9.17) is 16.1 Å². The van der Waals surface area contributed by atoms with Crippen molar-refractivity contribution in [1.82, 2.24) is 20.4 Å². The van der Waals surface area contributed by atoms with E-state index in [2.05, 4.69) is 20.4 Å². The van der Waals surface area contributed by atoms with Gasteiger partial charge in [0.05, 0.1) is 6.54 Å². The summed E-state index contributed by atoms with van der Waals surface area (Å²) in [6.07, 6.45) is 3.56. The molecule has 6 nitrogen and oxygen atoms in total. The predicted octanol–water partition coefficient (Wildman–Crippen LogP) is 4.35. The average molecular weight is 439 g/mol. The minimum absolute atomic E-state index is 0.0781. The Balaban J connectivity index is 1.16. The number of benzene rings is 2. The predicted molar refractivity (Wildman–Crippen MR) is 121 cm³/mol. The highest BCUT2D eigenvalue weighted by Gasteiger charge is 2.25. The van der Waals surface area contributed by atoms with Crippen LogP contribution in [0.25, 0.3) is 11.4 Å². The topological polar surface area (TPSA) is 71.3 Å². The fourth-order valence-electron chi connectivity index (χ4n) is 3.87. The first-order valence-corrected chi connectivity index (χ1v) is 11.2. The summed E-state index contributed by atoms with van der Waals surface area (Å²) in [6.45, 7) is 3.03. The Kier molecular flexibility index (Phi) is 7.33. The molecule has 3 aromatic rings. The minimum Gasteiger partial charge on any atom is -0.356 e. The number of nitrogens with one attached hydrogen (secondary N) is 1. The summed E-state index contributed by atoms with van der Waals surface area (Å²) in [5.41, 5.74) is 2.19. The van der Waals surface area contributed by atoms with Gasteiger partial charge in [-0.25, -0.2) is 0 Å². The van der Waals surface area contributed by atoms with Crippen LogP contribution in [0.3, 0.4) is 0 Å². The number of likely N-dealkylation sites (tertiary alicyclic amines) is 1. The van der Waals surface area contributed by atoms with Crippen LogP contribution in [-0.2, 0) is 17.8 Å². The average Bonchev–Trinajstić information content (AvgIpc) is 3.27. The molecule has 1 fully saturated rings. The lowest BCUT2D eigenvalue weighted by Gasteiger charge is -2.30. The summed E-state index contributed by atoms with van der Waals surface area (Å²) in [6, 6.07) is 17.7. The second-order valence-corrected chi connectivity index (χ2v) is 8.39. The lowest BCUT2D eigenvalue weighted by Crippen LogP contribution is -2.40. The van der Waals surface area contributed by atoms with Crippen molar-refractivity contribution < 1.29 is 9.32 Å². The van der Waals surface area contributed by atoms with Crippen LogP contribution in [0, 0.1) is 5.92 Å². The van der Waals surface area contributed by atoms with Gasteiger partial charge in [-0.2, -0.15) is 4.98 Å². The molecule has 31 heavy (non-hydrogen) atoms. The zero-order valence-corrected chi connectivity index (χ0v) is 18.2. The molecule has 0 spiro atoms. The molecule has 1 aliphatic rings. The molecule has 1 aliphatic heterocycles. The van der Waals surface area contributed by atoms with Crippen LogP contribution in [0.2, 0.25) is 5.02 Å². The molecule has 2 heterocycles. The first-order valence-electron chi connectivity index (χ1n) is 10.8. The molecule has 1 N–H and O–H groups in total. The molecule has 0 aliphatic carbocycles. The number of aromatic nitrogens is 2. The monoisotopic (exact) mass is 438 g/mol. The molecule has 2 aromatic carbocycles. The number of nitrogens with zero attached hydrogens (tertiary/aromatic N) is 3. The van der Waals surface area contributed by atoms with E-state index in [1.54, 1.807) is 0 Å². The first kappa shape index (κ1) is 21.5. The van der Waals surface area contributed by atoms with E-state index in [0.717, 1.165) is 49.4 Å². The summed E-state index contributed by atoms with van der Waals surface area (Å²) >= 11 is 5.91. The zero-order chi connectivity index (χ0) is 21.5. The highest BCUT2D eigenvalue weighted by Crippen LogP contribution is 2.20. The van der Waals surface area contributed by atoms with E-state index in [9.17, 15) is 4.79 Å². The first-order chi connectivity index (χ1) is 15.2. The van der Waals surface area contributed by atoms with E-state index in [-0.39, 0.29) is 11.8 Å². The number of rotatable bonds is 8. The van der Waals surface area contributed by atoms with E-state index in [1.807, 2.05) is 54.6 Å². The van der Waals surface area contributed by atoms with Gasteiger partial charge in [0.2, 0.25) is 17.6 Å². The van der Waals surface area contributed by atoms with E-state index in [0.29, 0.717) is 24.8 Å². The molecule has 7 heteroatoms. The van der Waals surface area contributed by atoms with Crippen molar-refractivity contribution in [2.75, 3.05) is 19.6 Å². The number of halogens is 1. The lowest BCUT2D eigenvalue weighted by atomic mass is 9.96. The van der Waals surface area contributed by atoms with Gasteiger partial charge in [0, 0.05) is 23.0 Å². The van der Waals surface area contributed by atoms with Crippen molar-refractivity contribution in [2.45, 2.75) is 32.2 Å². The van der Waals surface area contributed by atoms with Crippen LogP contribution in [0.4, 0.5) is 0 Å². The van der Waals surface area contributed by atoms with Crippen LogP contribution < -0.4 is 5.32 Å². The zero-order valence-electron chi connectivity index (χ0n) is 17.5. The third kappa shape index (κ3) is 6.15. The van der Waals surface area contributed by atoms with Crippen LogP contribution in [0.15, 0.2) is 59.1 Å². The lowest BCUT2D eigenvalue weighted by molar-refractivity contribution is -0.126. The van der Waals surface area contributed by atoms with Crippen LogP contribution in [-0.4, -0.2) is 40.6 Å². The number of hydrogen-bond donors (Lipinski definition) is 1. The molecule has 0 radical (unpaired) electrons. The number of aryl methyl sites for hydroxylation is 1. The van der Waals surface area contributed by atoms with Gasteiger partial charge < -0.3 is 9.84 Å². The SMILES string of the molecule is O=C(NCCCc1ccc(Cl)cc1)C1CCN(Cc2nc(-c3ccccc3)no2)CC1. The fourth-order valence-corrected chi connectivity index (χ4v) is 3.99. The van der Waals surface area contributed by atoms with Crippen LogP contribution in [0.5, 0.6) is 0 Å². The van der Waals surface area contributed by atoms with Crippen molar-refractivity contribution >= 4 is 17.5 Å². The summed E-state index contributed by atoms with van der Waals surface area (Å²) in [7, 11) is 0. The molecule has 0 bridgehead atoms. The van der Waals surface area contributed by atoms with Gasteiger partial charge in [0.1, 0.15) is 0 Å². The van der Waals surface area contributed by atoms with Gasteiger partial charge >= 0.3 is 0 Å². The van der Waals surface area contributed by atoms with Gasteiger partial charge in [0.25, 0.3) is 0 Å². The second kappa shape index (κ2) is 10.6. The fraction of sp³-hybridized carbons (Fsp3) is 0.375. The Morgan fingerprint density at radius 1 is 1.10 bits per heavy atom. The Morgan fingerprint density at radius 2 is 1.84 bits per heavy atom. The van der Waals surface area contributed by atoms with Crippen molar-refractivity contribution in [2.24, 2.45) is 5.92 Å². The molecule has 162 valence electrons. The number of piperidine rings is 1. The standard InChI is InChI=1S/C24H27ClN4O2/c25-21-10-8-18(9-11-21)5-4-14-26-24(30)20-12-15-29(16-13-20)17-22-27-23(28-31-22)19-6-2-1-3-7-19/h1-3,6-11,20H,4-5,12-17H2,(H,26,30). The number of amides is 1. The third-order valence-electron chi connectivity index (χ3n) is 5.67. The molecule has 1 saturated heterocycles. The van der Waals surface area contributed by atoms with Crippen molar-refractivity contribution in [1.29, 1.82) is 0 Å². The van der Waals surface area contributed by atoms with E-state index >= 15 is 0 Å². The van der Waals surface area contributed by atoms with Crippen molar-refractivity contribution in [3.05, 3.63) is 71.1 Å². The minimum atomic E-state index is 0.0781. The van der Waals surface area contributed by atoms with E-state index in [1.165, 1.54) is 5.56 Å². The number of carbonyl (C=O) groups is 1. The Labute approximate surface area is 187 Å². The summed E-state index contributed by atoms with van der Waals surface area (Å²) < 4.78 is 5.42. The second-order valence-electron chi connectivity index (χ2n) is 7.95. The Morgan fingerprint density at radius 3 is 2.58 bits per heavy atom. The summed E-state index contributed by atoms with van der Waals surface area (Å²) in [5.74, 6) is 1.47. The number of hydrogen-bond acceptors (Lipinski definition) is 5. The maximum Gasteiger partial charge on any atom is 0.241 e. The molecule has 0 atom stereocenters. The van der Waals surface area contributed by atoms with Gasteiger partial charge in [-0.1, -0.05) is 59.2 Å². The maximum absolute atomic E-state index is 12.5. The third-order valence-corrected chi connectivity index (χ3v) is 5.92. The maximum atomic E-state index is 12.5. The van der Waals surface area contributed by atoms with Gasteiger partial charge in [0.15, 0.2) is 0 Å². The Hall–Kier alpha value is -2.70. The summed E-state index contributed by atoms with van der Waals surface area (Å²) in [4.78, 5) is 19.3. The smallest absolute Gasteiger partial charge is 0.241 e. The molecule has 0 unspecified atom stereocenters. The van der Waals surface area contributed by atoms with Crippen LogP contribution in [0.1, 0.15) is 30.7 Å². The molecular weight excluding hydrogens is 412 g/mol. The highest BCUT2D eigenvalue weighted by atomic mass is 35.5. The highest BCUT2D eigenvalue weighted by molar-refractivity contribution is 6.30. The molecular formula is C24H27ClN4O2. The normalized spacial score (nSPS) is 15.1. The molecule has 1 aromatic heterocycles. The molecule has 4 rings (SSSR count). The molecule has 1 amide bonds. The quantitative estimate of drug-likeness (QED) is 0.529.